The molecule has 0 atom stereocenters. The average Bonchev–Trinajstić information content (AvgIpc) is 2.26. The molecule has 0 spiro atoms. The van der Waals surface area contributed by atoms with Crippen LogP contribution < -0.4 is 5.43 Å². The van der Waals surface area contributed by atoms with E-state index in [0.717, 1.165) is 18.7 Å². The van der Waals surface area contributed by atoms with Crippen LogP contribution in [0.2, 0.25) is 0 Å². The molecule has 0 saturated heterocycles. The smallest absolute Gasteiger partial charge is 0.265 e. The second-order valence-corrected chi connectivity index (χ2v) is 3.48. The lowest BCUT2D eigenvalue weighted by Gasteiger charge is -2.19. The number of nitrogens with zero attached hydrogens (tertiary/aromatic N) is 1. The molecule has 1 N–H and O–H groups in total. The number of amides is 1. The van der Waals surface area contributed by atoms with Gasteiger partial charge >= 0.3 is 0 Å². The van der Waals surface area contributed by atoms with E-state index in [-0.39, 0.29) is 5.91 Å². The number of aryl methyl sites for hydroxylation is 1. The second-order valence-electron chi connectivity index (χ2n) is 3.48. The van der Waals surface area contributed by atoms with Crippen molar-refractivity contribution in [2.45, 2.75) is 20.8 Å². The number of hydrogen-bond acceptors (Lipinski definition) is 2. The first-order chi connectivity index (χ1) is 7.17. The van der Waals surface area contributed by atoms with E-state index >= 15 is 0 Å². The van der Waals surface area contributed by atoms with Gasteiger partial charge in [0.2, 0.25) is 0 Å². The SMILES string of the molecule is CCN(CC)NC(=O)c1ccc(C)cc1. The molecule has 0 aliphatic carbocycles. The van der Waals surface area contributed by atoms with E-state index in [4.69, 9.17) is 0 Å². The van der Waals surface area contributed by atoms with Crippen molar-refractivity contribution in [3.05, 3.63) is 35.4 Å². The molecule has 0 radical (unpaired) electrons. The van der Waals surface area contributed by atoms with Crippen LogP contribution in [0.5, 0.6) is 0 Å². The molecule has 3 heteroatoms. The first kappa shape index (κ1) is 11.7. The molecule has 3 nitrogen and oxygen atoms in total. The van der Waals surface area contributed by atoms with Crippen molar-refractivity contribution in [1.29, 1.82) is 0 Å². The Labute approximate surface area is 91.1 Å². The van der Waals surface area contributed by atoms with Gasteiger partial charge in [-0.15, -0.1) is 0 Å². The number of carbonyl (C=O) groups excluding carboxylic acids is 1. The van der Waals surface area contributed by atoms with Crippen LogP contribution in [0.15, 0.2) is 24.3 Å². The molecule has 1 rings (SSSR count). The molecule has 0 aliphatic rings. The van der Waals surface area contributed by atoms with Gasteiger partial charge in [0, 0.05) is 18.7 Å². The zero-order chi connectivity index (χ0) is 11.3. The molecular formula is C12H18N2O. The maximum Gasteiger partial charge on any atom is 0.265 e. The molecular weight excluding hydrogens is 188 g/mol. The first-order valence-corrected chi connectivity index (χ1v) is 5.30. The van der Waals surface area contributed by atoms with E-state index in [1.165, 1.54) is 0 Å². The van der Waals surface area contributed by atoms with Crippen LogP contribution in [0.4, 0.5) is 0 Å². The molecule has 0 bridgehead atoms. The minimum absolute atomic E-state index is 0.0429. The summed E-state index contributed by atoms with van der Waals surface area (Å²) in [6, 6.07) is 7.57. The largest absolute Gasteiger partial charge is 0.285 e. The van der Waals surface area contributed by atoms with Gasteiger partial charge in [0.1, 0.15) is 0 Å². The van der Waals surface area contributed by atoms with E-state index in [2.05, 4.69) is 5.43 Å². The van der Waals surface area contributed by atoms with Crippen LogP contribution in [0.1, 0.15) is 29.8 Å². The summed E-state index contributed by atoms with van der Waals surface area (Å²) in [4.78, 5) is 11.7. The Bertz CT molecular complexity index is 315. The van der Waals surface area contributed by atoms with Crippen molar-refractivity contribution in [2.24, 2.45) is 0 Å². The summed E-state index contributed by atoms with van der Waals surface area (Å²) >= 11 is 0. The zero-order valence-electron chi connectivity index (χ0n) is 9.58. The highest BCUT2D eigenvalue weighted by Crippen LogP contribution is 2.02. The van der Waals surface area contributed by atoms with Crippen LogP contribution in [-0.4, -0.2) is 24.0 Å². The Balaban J connectivity index is 2.64. The van der Waals surface area contributed by atoms with Gasteiger partial charge in [-0.2, -0.15) is 0 Å². The molecule has 0 aliphatic heterocycles. The fourth-order valence-electron chi connectivity index (χ4n) is 1.29. The monoisotopic (exact) mass is 206 g/mol. The number of rotatable bonds is 4. The maximum atomic E-state index is 11.7. The highest BCUT2D eigenvalue weighted by atomic mass is 16.2. The molecule has 15 heavy (non-hydrogen) atoms. The van der Waals surface area contributed by atoms with Crippen LogP contribution >= 0.6 is 0 Å². The molecule has 82 valence electrons. The summed E-state index contributed by atoms with van der Waals surface area (Å²) in [5, 5.41) is 1.88. The predicted octanol–water partition coefficient (Wildman–Crippen LogP) is 1.98. The third kappa shape index (κ3) is 3.36. The summed E-state index contributed by atoms with van der Waals surface area (Å²) in [6.45, 7) is 7.66. The van der Waals surface area contributed by atoms with Gasteiger partial charge in [-0.3, -0.25) is 10.2 Å². The highest BCUT2D eigenvalue weighted by molar-refractivity contribution is 5.93. The highest BCUT2D eigenvalue weighted by Gasteiger charge is 2.07. The maximum absolute atomic E-state index is 11.7. The molecule has 0 unspecified atom stereocenters. The summed E-state index contributed by atoms with van der Waals surface area (Å²) in [5.74, 6) is -0.0429. The average molecular weight is 206 g/mol. The van der Waals surface area contributed by atoms with Crippen LogP contribution in [0, 0.1) is 6.92 Å². The number of hydrazine groups is 1. The first-order valence-electron chi connectivity index (χ1n) is 5.30. The van der Waals surface area contributed by atoms with Crippen LogP contribution in [0.3, 0.4) is 0 Å². The van der Waals surface area contributed by atoms with Crippen LogP contribution in [-0.2, 0) is 0 Å². The number of hydrogen-bond donors (Lipinski definition) is 1. The van der Waals surface area contributed by atoms with E-state index in [0.29, 0.717) is 5.56 Å². The fourth-order valence-corrected chi connectivity index (χ4v) is 1.29. The van der Waals surface area contributed by atoms with Crippen LogP contribution in [0.25, 0.3) is 0 Å². The molecule has 0 fully saturated rings. The summed E-state index contributed by atoms with van der Waals surface area (Å²) in [7, 11) is 0. The summed E-state index contributed by atoms with van der Waals surface area (Å²) in [5.41, 5.74) is 4.71. The van der Waals surface area contributed by atoms with Crippen molar-refractivity contribution in [3.8, 4) is 0 Å². The normalized spacial score (nSPS) is 10.4. The predicted molar refractivity (Wildman–Crippen MR) is 61.6 cm³/mol. The topological polar surface area (TPSA) is 32.3 Å². The molecule has 1 amide bonds. The van der Waals surface area contributed by atoms with Crippen molar-refractivity contribution < 1.29 is 4.79 Å². The zero-order valence-corrected chi connectivity index (χ0v) is 9.58. The fraction of sp³-hybridized carbons (Fsp3) is 0.417. The van der Waals surface area contributed by atoms with Gasteiger partial charge < -0.3 is 0 Å². The second kappa shape index (κ2) is 5.51. The van der Waals surface area contributed by atoms with E-state index < -0.39 is 0 Å². The Morgan fingerprint density at radius 2 is 1.73 bits per heavy atom. The number of benzene rings is 1. The molecule has 1 aromatic rings. The van der Waals surface area contributed by atoms with Gasteiger partial charge in [0.25, 0.3) is 5.91 Å². The Hall–Kier alpha value is -1.35. The van der Waals surface area contributed by atoms with Crippen molar-refractivity contribution in [1.82, 2.24) is 10.4 Å². The lowest BCUT2D eigenvalue weighted by atomic mass is 10.1. The number of carbonyl (C=O) groups is 1. The third-order valence-electron chi connectivity index (χ3n) is 2.34. The van der Waals surface area contributed by atoms with Gasteiger partial charge in [-0.05, 0) is 19.1 Å². The summed E-state index contributed by atoms with van der Waals surface area (Å²) < 4.78 is 0. The minimum atomic E-state index is -0.0429. The number of nitrogens with one attached hydrogen (secondary N) is 1. The molecule has 0 aromatic heterocycles. The van der Waals surface area contributed by atoms with Crippen molar-refractivity contribution >= 4 is 5.91 Å². The Morgan fingerprint density at radius 3 is 2.20 bits per heavy atom. The van der Waals surface area contributed by atoms with Gasteiger partial charge in [-0.25, -0.2) is 5.01 Å². The lowest BCUT2D eigenvalue weighted by molar-refractivity contribution is 0.0805. The molecule has 0 saturated carbocycles. The summed E-state index contributed by atoms with van der Waals surface area (Å²) in [6.07, 6.45) is 0. The van der Waals surface area contributed by atoms with Gasteiger partial charge in [-0.1, -0.05) is 31.5 Å². The van der Waals surface area contributed by atoms with Gasteiger partial charge in [0.15, 0.2) is 0 Å². The van der Waals surface area contributed by atoms with E-state index in [1.807, 2.05) is 50.0 Å². The van der Waals surface area contributed by atoms with Gasteiger partial charge in [0.05, 0.1) is 0 Å². The standard InChI is InChI=1S/C12H18N2O/c1-4-14(5-2)13-12(15)11-8-6-10(3)7-9-11/h6-9H,4-5H2,1-3H3,(H,13,15). The minimum Gasteiger partial charge on any atom is -0.285 e. The molecule has 1 aromatic carbocycles. The Kier molecular flexibility index (Phi) is 4.31. The Morgan fingerprint density at radius 1 is 1.20 bits per heavy atom. The quantitative estimate of drug-likeness (QED) is 0.764. The third-order valence-corrected chi connectivity index (χ3v) is 2.34. The van der Waals surface area contributed by atoms with E-state index in [9.17, 15) is 4.79 Å². The van der Waals surface area contributed by atoms with Crippen molar-refractivity contribution in [2.75, 3.05) is 13.1 Å². The lowest BCUT2D eigenvalue weighted by Crippen LogP contribution is -2.41. The van der Waals surface area contributed by atoms with E-state index in [1.54, 1.807) is 0 Å². The molecule has 0 heterocycles. The van der Waals surface area contributed by atoms with Crippen molar-refractivity contribution in [3.63, 3.8) is 0 Å².